The van der Waals surface area contributed by atoms with Gasteiger partial charge in [0.2, 0.25) is 0 Å². The van der Waals surface area contributed by atoms with E-state index < -0.39 is 47.9 Å². The SMILES string of the molecule is Cc1cc(F)ccc1[C@@H]1C[C@H](N2CCCCC2)CCN1C(=O)N(C)Cc1cc(C(F)(F)F)cc(C(F)(F)F)c1. The van der Waals surface area contributed by atoms with E-state index in [1.807, 2.05) is 0 Å². The summed E-state index contributed by atoms with van der Waals surface area (Å²) in [6.45, 7) is 3.61. The normalized spacial score (nSPS) is 21.2. The van der Waals surface area contributed by atoms with Crippen LogP contribution in [-0.2, 0) is 18.9 Å². The van der Waals surface area contributed by atoms with Crippen molar-refractivity contribution in [3.63, 3.8) is 0 Å². The minimum atomic E-state index is -4.97. The standard InChI is InChI=1S/C28H32F7N3O/c1-18-12-22(29)6-7-24(18)25-16-23(37-9-4-3-5-10-37)8-11-38(25)26(39)36(2)17-19-13-20(27(30,31)32)15-21(14-19)28(33,34)35/h6-7,12-15,23,25H,3-5,8-11,16-17H2,1-2H3/t23-,25+/m1/s1. The van der Waals surface area contributed by atoms with Crippen molar-refractivity contribution in [1.82, 2.24) is 14.7 Å². The number of halogens is 7. The highest BCUT2D eigenvalue weighted by Crippen LogP contribution is 2.38. The van der Waals surface area contributed by atoms with Gasteiger partial charge >= 0.3 is 18.4 Å². The molecule has 0 saturated carbocycles. The first kappa shape index (κ1) is 29.2. The average molecular weight is 560 g/mol. The molecule has 0 aromatic heterocycles. The fourth-order valence-electron chi connectivity index (χ4n) is 5.77. The largest absolute Gasteiger partial charge is 0.416 e. The number of nitrogens with zero attached hydrogens (tertiary/aromatic N) is 3. The van der Waals surface area contributed by atoms with Crippen LogP contribution in [0.2, 0.25) is 0 Å². The molecule has 4 nitrogen and oxygen atoms in total. The lowest BCUT2D eigenvalue weighted by molar-refractivity contribution is -0.143. The monoisotopic (exact) mass is 559 g/mol. The molecular weight excluding hydrogens is 527 g/mol. The highest BCUT2D eigenvalue weighted by atomic mass is 19.4. The number of alkyl halides is 6. The second kappa shape index (κ2) is 11.3. The zero-order chi connectivity index (χ0) is 28.5. The Morgan fingerprint density at radius 3 is 2.10 bits per heavy atom. The Labute approximate surface area is 223 Å². The van der Waals surface area contributed by atoms with Gasteiger partial charge in [0.15, 0.2) is 0 Å². The van der Waals surface area contributed by atoms with Crippen LogP contribution >= 0.6 is 0 Å². The second-order valence-corrected chi connectivity index (χ2v) is 10.5. The summed E-state index contributed by atoms with van der Waals surface area (Å²) < 4.78 is 93.9. The Hall–Kier alpha value is -2.82. The molecule has 39 heavy (non-hydrogen) atoms. The van der Waals surface area contributed by atoms with E-state index in [2.05, 4.69) is 4.90 Å². The van der Waals surface area contributed by atoms with E-state index in [0.717, 1.165) is 36.4 Å². The van der Waals surface area contributed by atoms with Gasteiger partial charge in [0, 0.05) is 26.2 Å². The van der Waals surface area contributed by atoms with Crippen LogP contribution in [-0.4, -0.2) is 53.5 Å². The Balaban J connectivity index is 1.60. The van der Waals surface area contributed by atoms with E-state index in [1.165, 1.54) is 25.6 Å². The predicted octanol–water partition coefficient (Wildman–Crippen LogP) is 7.42. The van der Waals surface area contributed by atoms with Crippen LogP contribution in [0.15, 0.2) is 36.4 Å². The van der Waals surface area contributed by atoms with Crippen LogP contribution in [0.25, 0.3) is 0 Å². The topological polar surface area (TPSA) is 26.8 Å². The number of carbonyl (C=O) groups is 1. The number of carbonyl (C=O) groups excluding carboxylic acids is 1. The fraction of sp³-hybridized carbons (Fsp3) is 0.536. The van der Waals surface area contributed by atoms with Gasteiger partial charge in [-0.15, -0.1) is 0 Å². The van der Waals surface area contributed by atoms with Crippen LogP contribution in [0.1, 0.15) is 66.0 Å². The third-order valence-corrected chi connectivity index (χ3v) is 7.71. The molecule has 2 atom stereocenters. The smallest absolute Gasteiger partial charge is 0.323 e. The summed E-state index contributed by atoms with van der Waals surface area (Å²) in [6.07, 6.45) is -5.28. The van der Waals surface area contributed by atoms with Crippen molar-refractivity contribution in [3.8, 4) is 0 Å². The number of benzene rings is 2. The van der Waals surface area contributed by atoms with Crippen LogP contribution in [0.5, 0.6) is 0 Å². The number of urea groups is 1. The molecule has 2 saturated heterocycles. The first-order chi connectivity index (χ1) is 18.2. The molecule has 2 aromatic carbocycles. The van der Waals surface area contributed by atoms with Crippen LogP contribution in [0, 0.1) is 12.7 Å². The number of aryl methyl sites for hydroxylation is 1. The summed E-state index contributed by atoms with van der Waals surface area (Å²) in [5, 5.41) is 0. The zero-order valence-corrected chi connectivity index (χ0v) is 21.9. The van der Waals surface area contributed by atoms with E-state index >= 15 is 0 Å². The summed E-state index contributed by atoms with van der Waals surface area (Å²) in [7, 11) is 1.36. The first-order valence-corrected chi connectivity index (χ1v) is 13.0. The molecule has 11 heteroatoms. The molecule has 2 heterocycles. The van der Waals surface area contributed by atoms with Crippen molar-refractivity contribution in [2.45, 2.75) is 70.0 Å². The maximum atomic E-state index is 13.9. The van der Waals surface area contributed by atoms with Crippen LogP contribution in [0.3, 0.4) is 0 Å². The Kier molecular flexibility index (Phi) is 8.49. The van der Waals surface area contributed by atoms with Gasteiger partial charge in [-0.3, -0.25) is 0 Å². The minimum Gasteiger partial charge on any atom is -0.323 e. The molecule has 0 aliphatic carbocycles. The van der Waals surface area contributed by atoms with Crippen LogP contribution in [0.4, 0.5) is 35.5 Å². The van der Waals surface area contributed by atoms with Crippen molar-refractivity contribution < 1.29 is 35.5 Å². The third-order valence-electron chi connectivity index (χ3n) is 7.71. The summed E-state index contributed by atoms with van der Waals surface area (Å²) in [5.74, 6) is -0.403. The summed E-state index contributed by atoms with van der Waals surface area (Å²) >= 11 is 0. The summed E-state index contributed by atoms with van der Waals surface area (Å²) in [4.78, 5) is 18.8. The van der Waals surface area contributed by atoms with Gasteiger partial charge in [0.25, 0.3) is 0 Å². The van der Waals surface area contributed by atoms with Gasteiger partial charge in [0.05, 0.1) is 17.2 Å². The molecule has 0 bridgehead atoms. The van der Waals surface area contributed by atoms with Crippen molar-refractivity contribution in [1.29, 1.82) is 0 Å². The number of amides is 2. The third kappa shape index (κ3) is 6.85. The molecule has 2 aromatic rings. The molecule has 0 unspecified atom stereocenters. The van der Waals surface area contributed by atoms with E-state index in [-0.39, 0.29) is 17.7 Å². The molecule has 214 valence electrons. The highest BCUT2D eigenvalue weighted by Gasteiger charge is 2.39. The van der Waals surface area contributed by atoms with Crippen molar-refractivity contribution in [2.75, 3.05) is 26.7 Å². The second-order valence-electron chi connectivity index (χ2n) is 10.5. The maximum absolute atomic E-state index is 13.9. The molecule has 4 rings (SSSR count). The predicted molar refractivity (Wildman–Crippen MR) is 132 cm³/mol. The lowest BCUT2D eigenvalue weighted by atomic mass is 9.88. The minimum absolute atomic E-state index is 0.0734. The molecule has 0 spiro atoms. The summed E-state index contributed by atoms with van der Waals surface area (Å²) in [5.41, 5.74) is -1.66. The van der Waals surface area contributed by atoms with E-state index in [4.69, 9.17) is 0 Å². The van der Waals surface area contributed by atoms with Gasteiger partial charge in [-0.05, 0) is 92.7 Å². The van der Waals surface area contributed by atoms with Crippen molar-refractivity contribution >= 4 is 6.03 Å². The number of likely N-dealkylation sites (tertiary alicyclic amines) is 2. The van der Waals surface area contributed by atoms with Crippen molar-refractivity contribution in [2.24, 2.45) is 0 Å². The number of piperidine rings is 2. The van der Waals surface area contributed by atoms with Gasteiger partial charge in [-0.2, -0.15) is 26.3 Å². The quantitative estimate of drug-likeness (QED) is 0.365. The highest BCUT2D eigenvalue weighted by molar-refractivity contribution is 5.75. The molecule has 2 fully saturated rings. The van der Waals surface area contributed by atoms with E-state index in [0.29, 0.717) is 37.1 Å². The Bertz CT molecular complexity index is 1140. The molecule has 2 amide bonds. The zero-order valence-electron chi connectivity index (χ0n) is 21.9. The summed E-state index contributed by atoms with van der Waals surface area (Å²) in [6, 6.07) is 5.04. The van der Waals surface area contributed by atoms with Gasteiger partial charge < -0.3 is 14.7 Å². The number of hydrogen-bond donors (Lipinski definition) is 0. The molecular formula is C28H32F7N3O. The van der Waals surface area contributed by atoms with Gasteiger partial charge in [-0.25, -0.2) is 9.18 Å². The van der Waals surface area contributed by atoms with Gasteiger partial charge in [-0.1, -0.05) is 12.5 Å². The molecule has 0 radical (unpaired) electrons. The molecule has 0 N–H and O–H groups in total. The Morgan fingerprint density at radius 1 is 0.923 bits per heavy atom. The molecule has 2 aliphatic rings. The average Bonchev–Trinajstić information content (AvgIpc) is 2.87. The van der Waals surface area contributed by atoms with E-state index in [9.17, 15) is 35.5 Å². The number of hydrogen-bond acceptors (Lipinski definition) is 2. The first-order valence-electron chi connectivity index (χ1n) is 13.0. The number of rotatable bonds is 4. The lowest BCUT2D eigenvalue weighted by Crippen LogP contribution is -2.52. The molecule has 2 aliphatic heterocycles. The van der Waals surface area contributed by atoms with E-state index in [1.54, 1.807) is 17.9 Å². The fourth-order valence-corrected chi connectivity index (χ4v) is 5.77. The Morgan fingerprint density at radius 2 is 1.54 bits per heavy atom. The van der Waals surface area contributed by atoms with Gasteiger partial charge in [0.1, 0.15) is 5.82 Å². The maximum Gasteiger partial charge on any atom is 0.416 e. The van der Waals surface area contributed by atoms with Crippen LogP contribution < -0.4 is 0 Å². The van der Waals surface area contributed by atoms with Crippen molar-refractivity contribution in [3.05, 3.63) is 70.0 Å². The lowest BCUT2D eigenvalue weighted by Gasteiger charge is -2.46.